The molecule has 0 fully saturated rings. The van der Waals surface area contributed by atoms with Crippen LogP contribution in [0.5, 0.6) is 5.75 Å². The molecule has 1 N–H and O–H groups in total. The van der Waals surface area contributed by atoms with Crippen molar-refractivity contribution in [1.82, 2.24) is 0 Å². The van der Waals surface area contributed by atoms with Crippen molar-refractivity contribution < 1.29 is 10.0 Å². The lowest BCUT2D eigenvalue weighted by molar-refractivity contribution is -0.385. The molecule has 19 heavy (non-hydrogen) atoms. The Hall–Kier alpha value is -2.40. The van der Waals surface area contributed by atoms with Crippen molar-refractivity contribution in [2.75, 3.05) is 0 Å². The van der Waals surface area contributed by atoms with Crippen LogP contribution in [0, 0.1) is 10.1 Å². The Bertz CT molecular complexity index is 746. The minimum absolute atomic E-state index is 0.269. The van der Waals surface area contributed by atoms with Gasteiger partial charge in [-0.3, -0.25) is 10.1 Å². The van der Waals surface area contributed by atoms with Crippen LogP contribution in [0.25, 0.3) is 20.5 Å². The van der Waals surface area contributed by atoms with Crippen molar-refractivity contribution in [2.45, 2.75) is 0 Å². The fourth-order valence-electron chi connectivity index (χ4n) is 1.95. The number of aromatic hydroxyl groups is 1. The van der Waals surface area contributed by atoms with Gasteiger partial charge in [0, 0.05) is 15.6 Å². The second kappa shape index (κ2) is 4.37. The van der Waals surface area contributed by atoms with E-state index in [1.807, 2.05) is 30.3 Å². The van der Waals surface area contributed by atoms with E-state index in [0.29, 0.717) is 0 Å². The molecule has 3 aromatic rings. The molecule has 0 spiro atoms. The van der Waals surface area contributed by atoms with Crippen LogP contribution in [0.2, 0.25) is 0 Å². The summed E-state index contributed by atoms with van der Waals surface area (Å²) in [4.78, 5) is 11.2. The van der Waals surface area contributed by atoms with Crippen molar-refractivity contribution in [3.05, 3.63) is 58.6 Å². The van der Waals surface area contributed by atoms with Crippen LogP contribution >= 0.6 is 11.3 Å². The van der Waals surface area contributed by atoms with E-state index in [2.05, 4.69) is 0 Å². The second-order valence-corrected chi connectivity index (χ2v) is 5.19. The predicted molar refractivity (Wildman–Crippen MR) is 75.6 cm³/mol. The highest BCUT2D eigenvalue weighted by molar-refractivity contribution is 7.22. The summed E-state index contributed by atoms with van der Waals surface area (Å²) >= 11 is 1.57. The number of hydrogen-bond acceptors (Lipinski definition) is 4. The van der Waals surface area contributed by atoms with Crippen LogP contribution in [-0.4, -0.2) is 10.0 Å². The first-order chi connectivity index (χ1) is 9.15. The number of phenolic OH excluding ortho intramolecular Hbond substituents is 1. The Kier molecular flexibility index (Phi) is 2.68. The molecule has 0 bridgehead atoms. The first-order valence-corrected chi connectivity index (χ1v) is 6.43. The van der Waals surface area contributed by atoms with Gasteiger partial charge in [-0.1, -0.05) is 18.2 Å². The van der Waals surface area contributed by atoms with Gasteiger partial charge in [-0.15, -0.1) is 11.3 Å². The first-order valence-electron chi connectivity index (χ1n) is 5.61. The number of fused-ring (bicyclic) bond motifs is 1. The summed E-state index contributed by atoms with van der Waals surface area (Å²) in [5.74, 6) is -0.310. The molecule has 1 heterocycles. The van der Waals surface area contributed by atoms with Gasteiger partial charge in [0.15, 0.2) is 5.75 Å². The van der Waals surface area contributed by atoms with E-state index < -0.39 is 4.92 Å². The Morgan fingerprint density at radius 3 is 2.63 bits per heavy atom. The van der Waals surface area contributed by atoms with Crippen molar-refractivity contribution in [3.8, 4) is 16.2 Å². The van der Waals surface area contributed by atoms with E-state index in [0.717, 1.165) is 20.5 Å². The number of nitro groups is 1. The van der Waals surface area contributed by atoms with Crippen LogP contribution in [0.3, 0.4) is 0 Å². The molecule has 0 aliphatic rings. The lowest BCUT2D eigenvalue weighted by Crippen LogP contribution is -1.88. The number of nitrogens with zero attached hydrogens (tertiary/aromatic N) is 1. The summed E-state index contributed by atoms with van der Waals surface area (Å²) in [6, 6.07) is 14.4. The number of phenols is 1. The van der Waals surface area contributed by atoms with Gasteiger partial charge >= 0.3 is 5.69 Å². The maximum atomic E-state index is 10.8. The van der Waals surface area contributed by atoms with E-state index in [9.17, 15) is 15.2 Å². The first kappa shape index (κ1) is 11.7. The molecule has 0 aliphatic carbocycles. The summed E-state index contributed by atoms with van der Waals surface area (Å²) in [6.45, 7) is 0. The minimum atomic E-state index is -0.577. The number of nitro benzene ring substituents is 1. The van der Waals surface area contributed by atoms with Crippen LogP contribution in [0.1, 0.15) is 0 Å². The monoisotopic (exact) mass is 271 g/mol. The second-order valence-electron chi connectivity index (χ2n) is 4.11. The Balaban J connectivity index is 2.16. The van der Waals surface area contributed by atoms with E-state index >= 15 is 0 Å². The van der Waals surface area contributed by atoms with E-state index in [-0.39, 0.29) is 11.4 Å². The lowest BCUT2D eigenvalue weighted by Gasteiger charge is -1.99. The molecule has 1 aromatic heterocycles. The Morgan fingerprint density at radius 2 is 1.89 bits per heavy atom. The minimum Gasteiger partial charge on any atom is -0.502 e. The predicted octanol–water partition coefficient (Wildman–Crippen LogP) is 4.18. The maximum absolute atomic E-state index is 10.8. The zero-order valence-corrected chi connectivity index (χ0v) is 10.6. The molecule has 0 aliphatic heterocycles. The third kappa shape index (κ3) is 2.04. The van der Waals surface area contributed by atoms with Gasteiger partial charge < -0.3 is 5.11 Å². The van der Waals surface area contributed by atoms with Gasteiger partial charge in [0.2, 0.25) is 0 Å². The third-order valence-electron chi connectivity index (χ3n) is 2.88. The summed E-state index contributed by atoms with van der Waals surface area (Å²) in [7, 11) is 0. The van der Waals surface area contributed by atoms with E-state index in [1.165, 1.54) is 12.1 Å². The van der Waals surface area contributed by atoms with Crippen LogP contribution in [-0.2, 0) is 0 Å². The van der Waals surface area contributed by atoms with Crippen molar-refractivity contribution in [3.63, 3.8) is 0 Å². The molecule has 5 heteroatoms. The van der Waals surface area contributed by atoms with E-state index in [1.54, 1.807) is 17.4 Å². The number of thiophene rings is 1. The molecular formula is C14H9NO3S. The van der Waals surface area contributed by atoms with Gasteiger partial charge in [0.05, 0.1) is 4.92 Å². The lowest BCUT2D eigenvalue weighted by atomic mass is 10.1. The molecular weight excluding hydrogens is 262 g/mol. The fourth-order valence-corrected chi connectivity index (χ4v) is 3.01. The molecule has 0 radical (unpaired) electrons. The molecule has 3 rings (SSSR count). The Labute approximate surface area is 112 Å². The summed E-state index contributed by atoms with van der Waals surface area (Å²) in [5, 5.41) is 21.4. The zero-order chi connectivity index (χ0) is 13.4. The topological polar surface area (TPSA) is 63.4 Å². The number of hydrogen-bond donors (Lipinski definition) is 1. The quantitative estimate of drug-likeness (QED) is 0.561. The fraction of sp³-hybridized carbons (Fsp3) is 0. The molecule has 0 saturated carbocycles. The average Bonchev–Trinajstić information content (AvgIpc) is 2.82. The standard InChI is InChI=1S/C14H9NO3S/c16-12-6-5-10(7-11(12)15(17)18)14-8-9-3-1-2-4-13(9)19-14/h1-8,16H. The van der Waals surface area contributed by atoms with Crippen molar-refractivity contribution >= 4 is 27.1 Å². The Morgan fingerprint density at radius 1 is 1.11 bits per heavy atom. The van der Waals surface area contributed by atoms with Crippen molar-refractivity contribution in [2.24, 2.45) is 0 Å². The SMILES string of the molecule is O=[N+]([O-])c1cc(-c2cc3ccccc3s2)ccc1O. The molecule has 2 aromatic carbocycles. The molecule has 4 nitrogen and oxygen atoms in total. The molecule has 0 atom stereocenters. The normalized spacial score (nSPS) is 10.7. The summed E-state index contributed by atoms with van der Waals surface area (Å²) in [6.07, 6.45) is 0. The van der Waals surface area contributed by atoms with Gasteiger partial charge in [-0.25, -0.2) is 0 Å². The number of benzene rings is 2. The smallest absolute Gasteiger partial charge is 0.311 e. The highest BCUT2D eigenvalue weighted by Crippen LogP contribution is 2.37. The summed E-state index contributed by atoms with van der Waals surface area (Å²) < 4.78 is 1.13. The van der Waals surface area contributed by atoms with Crippen molar-refractivity contribution in [1.29, 1.82) is 0 Å². The molecule has 0 unspecified atom stereocenters. The molecule has 0 saturated heterocycles. The van der Waals surface area contributed by atoms with Crippen LogP contribution < -0.4 is 0 Å². The highest BCUT2D eigenvalue weighted by atomic mass is 32.1. The maximum Gasteiger partial charge on any atom is 0.311 e. The van der Waals surface area contributed by atoms with E-state index in [4.69, 9.17) is 0 Å². The molecule has 94 valence electrons. The average molecular weight is 271 g/mol. The number of rotatable bonds is 2. The van der Waals surface area contributed by atoms with Gasteiger partial charge in [-0.2, -0.15) is 0 Å². The molecule has 0 amide bonds. The van der Waals surface area contributed by atoms with Crippen LogP contribution in [0.4, 0.5) is 5.69 Å². The largest absolute Gasteiger partial charge is 0.502 e. The van der Waals surface area contributed by atoms with Gasteiger partial charge in [0.1, 0.15) is 0 Å². The van der Waals surface area contributed by atoms with Crippen LogP contribution in [0.15, 0.2) is 48.5 Å². The summed E-state index contributed by atoms with van der Waals surface area (Å²) in [5.41, 5.74) is 0.473. The highest BCUT2D eigenvalue weighted by Gasteiger charge is 2.15. The van der Waals surface area contributed by atoms with Gasteiger partial charge in [-0.05, 0) is 35.2 Å². The van der Waals surface area contributed by atoms with Gasteiger partial charge in [0.25, 0.3) is 0 Å². The third-order valence-corrected chi connectivity index (χ3v) is 4.05. The zero-order valence-electron chi connectivity index (χ0n) is 9.74.